The quantitative estimate of drug-likeness (QED) is 0.755. The first-order valence-corrected chi connectivity index (χ1v) is 10.3. The summed E-state index contributed by atoms with van der Waals surface area (Å²) in [5.41, 5.74) is 1.78. The summed E-state index contributed by atoms with van der Waals surface area (Å²) in [4.78, 5) is 12.5. The number of sulfonamides is 1. The van der Waals surface area contributed by atoms with E-state index in [1.165, 1.54) is 34.9 Å². The molecule has 0 heterocycles. The molecule has 1 N–H and O–H groups in total. The van der Waals surface area contributed by atoms with E-state index in [-0.39, 0.29) is 16.8 Å². The number of hydrogen-bond acceptors (Lipinski definition) is 3. The predicted octanol–water partition coefficient (Wildman–Crippen LogP) is 3.34. The van der Waals surface area contributed by atoms with Gasteiger partial charge in [0.1, 0.15) is 0 Å². The van der Waals surface area contributed by atoms with Crippen molar-refractivity contribution in [1.82, 2.24) is 9.62 Å². The summed E-state index contributed by atoms with van der Waals surface area (Å²) >= 11 is 0. The molecule has 0 bridgehead atoms. The number of benzene rings is 1. The van der Waals surface area contributed by atoms with E-state index in [0.29, 0.717) is 12.1 Å². The monoisotopic (exact) mass is 364 g/mol. The molecule has 138 valence electrons. The molecule has 0 saturated carbocycles. The van der Waals surface area contributed by atoms with E-state index in [9.17, 15) is 13.2 Å². The fourth-order valence-corrected chi connectivity index (χ4v) is 4.23. The molecule has 1 aliphatic rings. The molecule has 0 atom stereocenters. The van der Waals surface area contributed by atoms with Crippen LogP contribution in [-0.4, -0.2) is 38.3 Å². The maximum atomic E-state index is 12.6. The number of rotatable bonds is 7. The van der Waals surface area contributed by atoms with Crippen molar-refractivity contribution in [2.45, 2.75) is 56.9 Å². The van der Waals surface area contributed by atoms with Crippen molar-refractivity contribution in [3.63, 3.8) is 0 Å². The molecular formula is C19H28N2O3S. The molecule has 1 aromatic rings. The van der Waals surface area contributed by atoms with Gasteiger partial charge in [-0.2, -0.15) is 4.31 Å². The van der Waals surface area contributed by atoms with Crippen molar-refractivity contribution in [1.29, 1.82) is 0 Å². The molecule has 1 amide bonds. The highest BCUT2D eigenvalue weighted by atomic mass is 32.2. The summed E-state index contributed by atoms with van der Waals surface area (Å²) in [6.45, 7) is 4.20. The van der Waals surface area contributed by atoms with E-state index >= 15 is 0 Å². The van der Waals surface area contributed by atoms with Gasteiger partial charge < -0.3 is 5.32 Å². The minimum Gasteiger partial charge on any atom is -0.352 e. The van der Waals surface area contributed by atoms with E-state index in [4.69, 9.17) is 0 Å². The third-order valence-electron chi connectivity index (χ3n) is 4.62. The van der Waals surface area contributed by atoms with Gasteiger partial charge in [-0.05, 0) is 64.2 Å². The van der Waals surface area contributed by atoms with Gasteiger partial charge in [0.15, 0.2) is 0 Å². The fraction of sp³-hybridized carbons (Fsp3) is 0.526. The minimum absolute atomic E-state index is 0.145. The summed E-state index contributed by atoms with van der Waals surface area (Å²) in [7, 11) is -2.04. The first kappa shape index (κ1) is 19.7. The molecule has 1 aliphatic carbocycles. The van der Waals surface area contributed by atoms with Crippen molar-refractivity contribution in [3.05, 3.63) is 41.5 Å². The number of amides is 1. The van der Waals surface area contributed by atoms with E-state index < -0.39 is 10.0 Å². The number of nitrogens with one attached hydrogen (secondary N) is 1. The smallest absolute Gasteiger partial charge is 0.251 e. The zero-order chi connectivity index (χ0) is 18.4. The lowest BCUT2D eigenvalue weighted by Gasteiger charge is -2.21. The molecule has 0 radical (unpaired) electrons. The molecule has 5 nitrogen and oxygen atoms in total. The van der Waals surface area contributed by atoms with Crippen LogP contribution in [0, 0.1) is 0 Å². The van der Waals surface area contributed by atoms with E-state index in [0.717, 1.165) is 19.3 Å². The third kappa shape index (κ3) is 5.16. The van der Waals surface area contributed by atoms with Gasteiger partial charge in [-0.3, -0.25) is 4.79 Å². The summed E-state index contributed by atoms with van der Waals surface area (Å²) in [5.74, 6) is -0.236. The van der Waals surface area contributed by atoms with Crippen LogP contribution in [0.15, 0.2) is 40.8 Å². The zero-order valence-corrected chi connectivity index (χ0v) is 16.1. The van der Waals surface area contributed by atoms with Crippen LogP contribution in [0.4, 0.5) is 0 Å². The van der Waals surface area contributed by atoms with Crippen LogP contribution in [0.5, 0.6) is 0 Å². The van der Waals surface area contributed by atoms with E-state index in [1.807, 2.05) is 13.8 Å². The highest BCUT2D eigenvalue weighted by molar-refractivity contribution is 7.89. The Kier molecular flexibility index (Phi) is 6.79. The lowest BCUT2D eigenvalue weighted by atomic mass is 9.97. The van der Waals surface area contributed by atoms with Gasteiger partial charge in [0.2, 0.25) is 10.0 Å². The average molecular weight is 365 g/mol. The SMILES string of the molecule is CC(C)N(C)S(=O)(=O)c1cccc(C(=O)NCCC2=CCCCC2)c1. The highest BCUT2D eigenvalue weighted by Gasteiger charge is 2.23. The van der Waals surface area contributed by atoms with Crippen LogP contribution in [0.2, 0.25) is 0 Å². The second-order valence-corrected chi connectivity index (χ2v) is 8.75. The van der Waals surface area contributed by atoms with Crippen LogP contribution in [0.25, 0.3) is 0 Å². The summed E-state index contributed by atoms with van der Waals surface area (Å²) in [5, 5.41) is 2.89. The molecule has 0 unspecified atom stereocenters. The lowest BCUT2D eigenvalue weighted by molar-refractivity contribution is 0.0954. The Morgan fingerprint density at radius 3 is 2.68 bits per heavy atom. The number of nitrogens with zero attached hydrogens (tertiary/aromatic N) is 1. The molecule has 25 heavy (non-hydrogen) atoms. The highest BCUT2D eigenvalue weighted by Crippen LogP contribution is 2.20. The number of hydrogen-bond donors (Lipinski definition) is 1. The standard InChI is InChI=1S/C19H28N2O3S/c1-15(2)21(3)25(23,24)18-11-7-10-17(14-18)19(22)20-13-12-16-8-5-4-6-9-16/h7-8,10-11,14-15H,4-6,9,12-13H2,1-3H3,(H,20,22). The van der Waals surface area contributed by atoms with E-state index in [2.05, 4.69) is 11.4 Å². The zero-order valence-electron chi connectivity index (χ0n) is 15.3. The number of carbonyl (C=O) groups is 1. The largest absolute Gasteiger partial charge is 0.352 e. The molecule has 1 aromatic carbocycles. The first-order valence-electron chi connectivity index (χ1n) is 8.86. The Morgan fingerprint density at radius 1 is 1.28 bits per heavy atom. The van der Waals surface area contributed by atoms with Gasteiger partial charge in [-0.1, -0.05) is 17.7 Å². The molecule has 2 rings (SSSR count). The Labute approximate surface area is 151 Å². The molecule has 0 saturated heterocycles. The van der Waals surface area contributed by atoms with Gasteiger partial charge in [0.25, 0.3) is 5.91 Å². The maximum Gasteiger partial charge on any atom is 0.251 e. The number of carbonyl (C=O) groups excluding carboxylic acids is 1. The van der Waals surface area contributed by atoms with Gasteiger partial charge in [0, 0.05) is 25.2 Å². The van der Waals surface area contributed by atoms with Crippen molar-refractivity contribution < 1.29 is 13.2 Å². The summed E-state index contributed by atoms with van der Waals surface area (Å²) < 4.78 is 26.4. The topological polar surface area (TPSA) is 66.5 Å². The average Bonchev–Trinajstić information content (AvgIpc) is 2.61. The first-order chi connectivity index (χ1) is 11.8. The Balaban J connectivity index is 2.02. The third-order valence-corrected chi connectivity index (χ3v) is 6.65. The Bertz CT molecular complexity index is 739. The number of allylic oxidation sites excluding steroid dienone is 1. The maximum absolute atomic E-state index is 12.6. The van der Waals surface area contributed by atoms with Crippen molar-refractivity contribution in [2.75, 3.05) is 13.6 Å². The van der Waals surface area contributed by atoms with E-state index in [1.54, 1.807) is 19.2 Å². The van der Waals surface area contributed by atoms with Gasteiger partial charge >= 0.3 is 0 Å². The molecular weight excluding hydrogens is 336 g/mol. The molecule has 0 spiro atoms. The van der Waals surface area contributed by atoms with Gasteiger partial charge in [0.05, 0.1) is 4.90 Å². The van der Waals surface area contributed by atoms with Crippen molar-refractivity contribution >= 4 is 15.9 Å². The lowest BCUT2D eigenvalue weighted by Crippen LogP contribution is -2.33. The normalized spacial score (nSPS) is 15.3. The second kappa shape index (κ2) is 8.63. The van der Waals surface area contributed by atoms with Gasteiger partial charge in [-0.25, -0.2) is 8.42 Å². The minimum atomic E-state index is -3.59. The molecule has 0 aliphatic heterocycles. The second-order valence-electron chi connectivity index (χ2n) is 6.76. The molecule has 6 heteroatoms. The van der Waals surface area contributed by atoms with Crippen LogP contribution in [0.3, 0.4) is 0 Å². The van der Waals surface area contributed by atoms with Crippen LogP contribution in [0.1, 0.15) is 56.3 Å². The van der Waals surface area contributed by atoms with Crippen molar-refractivity contribution in [3.8, 4) is 0 Å². The Hall–Kier alpha value is -1.66. The Morgan fingerprint density at radius 2 is 2.04 bits per heavy atom. The van der Waals surface area contributed by atoms with Crippen LogP contribution in [-0.2, 0) is 10.0 Å². The molecule has 0 aromatic heterocycles. The fourth-order valence-electron chi connectivity index (χ4n) is 2.81. The van der Waals surface area contributed by atoms with Crippen LogP contribution < -0.4 is 5.32 Å². The van der Waals surface area contributed by atoms with Crippen LogP contribution >= 0.6 is 0 Å². The molecule has 0 fully saturated rings. The summed E-state index contributed by atoms with van der Waals surface area (Å²) in [6.07, 6.45) is 7.85. The van der Waals surface area contributed by atoms with Crippen molar-refractivity contribution in [2.24, 2.45) is 0 Å². The van der Waals surface area contributed by atoms with Gasteiger partial charge in [-0.15, -0.1) is 0 Å². The predicted molar refractivity (Wildman–Crippen MR) is 100 cm³/mol. The summed E-state index contributed by atoms with van der Waals surface area (Å²) in [6, 6.07) is 6.08.